The van der Waals surface area contributed by atoms with Gasteiger partial charge in [-0.15, -0.1) is 0 Å². The molecule has 120 valence electrons. The Morgan fingerprint density at radius 2 is 1.88 bits per heavy atom. The summed E-state index contributed by atoms with van der Waals surface area (Å²) in [5.41, 5.74) is 3.11. The van der Waals surface area contributed by atoms with Crippen LogP contribution in [0.5, 0.6) is 0 Å². The quantitative estimate of drug-likeness (QED) is 0.527. The van der Waals surface area contributed by atoms with Crippen LogP contribution in [-0.4, -0.2) is 21.1 Å². The number of rotatable bonds is 4. The lowest BCUT2D eigenvalue weighted by atomic mass is 10.1. The number of halogens is 1. The van der Waals surface area contributed by atoms with E-state index >= 15 is 0 Å². The second-order valence-corrected chi connectivity index (χ2v) is 6.04. The van der Waals surface area contributed by atoms with Gasteiger partial charge in [-0.3, -0.25) is 0 Å². The third kappa shape index (κ3) is 3.88. The number of benzene rings is 2. The van der Waals surface area contributed by atoms with Gasteiger partial charge in [0.2, 0.25) is 4.77 Å². The van der Waals surface area contributed by atoms with E-state index in [1.807, 2.05) is 67.6 Å². The molecule has 3 rings (SSSR count). The first-order chi connectivity index (χ1) is 11.6. The number of H-pyrrole nitrogens is 1. The Hall–Kier alpha value is -2.50. The monoisotopic (exact) mass is 354 g/mol. The van der Waals surface area contributed by atoms with Crippen molar-refractivity contribution in [1.29, 1.82) is 0 Å². The van der Waals surface area contributed by atoms with Crippen LogP contribution in [0.3, 0.4) is 0 Å². The molecular weight excluding hydrogens is 340 g/mol. The average molecular weight is 355 g/mol. The molecule has 0 fully saturated rings. The van der Waals surface area contributed by atoms with Gasteiger partial charge in [0, 0.05) is 5.56 Å². The van der Waals surface area contributed by atoms with E-state index in [4.69, 9.17) is 23.8 Å². The molecule has 0 aliphatic rings. The van der Waals surface area contributed by atoms with Gasteiger partial charge in [0.05, 0.1) is 11.2 Å². The smallest absolute Gasteiger partial charge is 0.216 e. The van der Waals surface area contributed by atoms with Crippen molar-refractivity contribution < 1.29 is 0 Å². The molecule has 6 heteroatoms. The normalized spacial score (nSPS) is 12.0. The van der Waals surface area contributed by atoms with E-state index in [0.717, 1.165) is 11.1 Å². The Bertz CT molecular complexity index is 937. The summed E-state index contributed by atoms with van der Waals surface area (Å²) in [4.78, 5) is 0. The van der Waals surface area contributed by atoms with Crippen LogP contribution in [-0.2, 0) is 0 Å². The van der Waals surface area contributed by atoms with Crippen LogP contribution in [0.4, 0.5) is 0 Å². The van der Waals surface area contributed by atoms with Crippen molar-refractivity contribution in [2.75, 3.05) is 0 Å². The lowest BCUT2D eigenvalue weighted by Crippen LogP contribution is -1.94. The molecule has 1 heterocycles. The third-order valence-electron chi connectivity index (χ3n) is 3.36. The molecule has 0 amide bonds. The topological polar surface area (TPSA) is 46.0 Å². The van der Waals surface area contributed by atoms with E-state index in [1.54, 1.807) is 10.9 Å². The van der Waals surface area contributed by atoms with Crippen molar-refractivity contribution in [1.82, 2.24) is 14.9 Å². The fourth-order valence-electron chi connectivity index (χ4n) is 2.15. The number of aromatic nitrogens is 3. The maximum atomic E-state index is 6.24. The minimum absolute atomic E-state index is 0.408. The summed E-state index contributed by atoms with van der Waals surface area (Å²) in [7, 11) is 0. The van der Waals surface area contributed by atoms with Gasteiger partial charge in [0.25, 0.3) is 0 Å². The van der Waals surface area contributed by atoms with E-state index in [9.17, 15) is 0 Å². The molecular formula is C18H15ClN4S. The van der Waals surface area contributed by atoms with Crippen molar-refractivity contribution in [3.63, 3.8) is 0 Å². The minimum Gasteiger partial charge on any atom is -0.250 e. The highest BCUT2D eigenvalue weighted by atomic mass is 35.5. The number of nitrogens with zero attached hydrogens (tertiary/aromatic N) is 3. The van der Waals surface area contributed by atoms with Crippen molar-refractivity contribution in [2.24, 2.45) is 5.10 Å². The molecule has 3 aromatic rings. The SMILES string of the molecule is Cc1ccc(-c2n[nH]c(=S)n2/N=C\C(Cl)=C/c2ccccc2)cc1. The third-order valence-corrected chi connectivity index (χ3v) is 3.83. The zero-order chi connectivity index (χ0) is 16.9. The van der Waals surface area contributed by atoms with Crippen LogP contribution in [0.2, 0.25) is 0 Å². The van der Waals surface area contributed by atoms with Crippen LogP contribution in [0.1, 0.15) is 11.1 Å². The van der Waals surface area contributed by atoms with Gasteiger partial charge in [-0.2, -0.15) is 14.9 Å². The van der Waals surface area contributed by atoms with Gasteiger partial charge >= 0.3 is 0 Å². The summed E-state index contributed by atoms with van der Waals surface area (Å²) in [6.07, 6.45) is 3.39. The zero-order valence-corrected chi connectivity index (χ0v) is 14.6. The summed E-state index contributed by atoms with van der Waals surface area (Å²) in [6, 6.07) is 17.8. The highest BCUT2D eigenvalue weighted by Crippen LogP contribution is 2.18. The molecule has 1 aromatic heterocycles. The van der Waals surface area contributed by atoms with Crippen molar-refractivity contribution >= 4 is 36.1 Å². The maximum absolute atomic E-state index is 6.24. The Morgan fingerprint density at radius 3 is 2.58 bits per heavy atom. The largest absolute Gasteiger partial charge is 0.250 e. The number of aryl methyl sites for hydroxylation is 1. The van der Waals surface area contributed by atoms with E-state index < -0.39 is 0 Å². The first-order valence-corrected chi connectivity index (χ1v) is 8.13. The minimum atomic E-state index is 0.408. The van der Waals surface area contributed by atoms with Crippen LogP contribution in [0.15, 0.2) is 64.7 Å². The predicted molar refractivity (Wildman–Crippen MR) is 102 cm³/mol. The maximum Gasteiger partial charge on any atom is 0.216 e. The molecule has 0 bridgehead atoms. The molecule has 0 aliphatic heterocycles. The number of hydrogen-bond donors (Lipinski definition) is 1. The summed E-state index contributed by atoms with van der Waals surface area (Å²) in [6.45, 7) is 2.03. The fraction of sp³-hybridized carbons (Fsp3) is 0.0556. The Balaban J connectivity index is 1.90. The van der Waals surface area contributed by atoms with Gasteiger partial charge in [0.1, 0.15) is 0 Å². The first-order valence-electron chi connectivity index (χ1n) is 7.34. The summed E-state index contributed by atoms with van der Waals surface area (Å²) in [5, 5.41) is 11.9. The van der Waals surface area contributed by atoms with Crippen LogP contribution in [0, 0.1) is 11.7 Å². The number of allylic oxidation sites excluding steroid dienone is 1. The molecule has 0 saturated carbocycles. The molecule has 4 nitrogen and oxygen atoms in total. The Morgan fingerprint density at radius 1 is 1.17 bits per heavy atom. The molecule has 24 heavy (non-hydrogen) atoms. The molecule has 0 aliphatic carbocycles. The summed E-state index contributed by atoms with van der Waals surface area (Å²) in [5.74, 6) is 0.639. The van der Waals surface area contributed by atoms with Crippen molar-refractivity contribution in [3.8, 4) is 11.4 Å². The zero-order valence-electron chi connectivity index (χ0n) is 13.0. The Labute approximate surface area is 150 Å². The second kappa shape index (κ2) is 7.38. The molecule has 0 spiro atoms. The summed E-state index contributed by atoms with van der Waals surface area (Å²) < 4.78 is 1.97. The highest BCUT2D eigenvalue weighted by molar-refractivity contribution is 7.71. The Kier molecular flexibility index (Phi) is 5.03. The highest BCUT2D eigenvalue weighted by Gasteiger charge is 2.07. The van der Waals surface area contributed by atoms with Crippen molar-refractivity contribution in [2.45, 2.75) is 6.92 Å². The first kappa shape index (κ1) is 16.4. The number of nitrogens with one attached hydrogen (secondary N) is 1. The lowest BCUT2D eigenvalue weighted by Gasteiger charge is -2.01. The molecule has 1 N–H and O–H groups in total. The van der Waals surface area contributed by atoms with E-state index in [2.05, 4.69) is 15.3 Å². The van der Waals surface area contributed by atoms with Gasteiger partial charge < -0.3 is 0 Å². The average Bonchev–Trinajstić information content (AvgIpc) is 2.95. The molecule has 0 saturated heterocycles. The fourth-order valence-corrected chi connectivity index (χ4v) is 2.50. The van der Waals surface area contributed by atoms with Crippen LogP contribution >= 0.6 is 23.8 Å². The van der Waals surface area contributed by atoms with Gasteiger partial charge in [-0.1, -0.05) is 71.8 Å². The van der Waals surface area contributed by atoms with Gasteiger partial charge in [0.15, 0.2) is 5.82 Å². The lowest BCUT2D eigenvalue weighted by molar-refractivity contribution is 0.872. The van der Waals surface area contributed by atoms with Crippen LogP contribution < -0.4 is 0 Å². The van der Waals surface area contributed by atoms with E-state index in [-0.39, 0.29) is 0 Å². The number of aromatic amines is 1. The molecule has 0 atom stereocenters. The molecule has 0 unspecified atom stereocenters. The van der Waals surface area contributed by atoms with Crippen molar-refractivity contribution in [3.05, 3.63) is 75.5 Å². The predicted octanol–water partition coefficient (Wildman–Crippen LogP) is 5.03. The van der Waals surface area contributed by atoms with E-state index in [1.165, 1.54) is 5.56 Å². The molecule has 0 radical (unpaired) electrons. The number of hydrogen-bond acceptors (Lipinski definition) is 3. The second-order valence-electron chi connectivity index (χ2n) is 5.21. The standard InChI is InChI=1S/C18H15ClN4S/c1-13-7-9-15(10-8-13)17-21-22-18(24)23(17)20-12-16(19)11-14-5-3-2-4-6-14/h2-12H,1H3,(H,22,24)/b16-11+,20-12-. The van der Waals surface area contributed by atoms with Gasteiger partial charge in [-0.05, 0) is 30.8 Å². The molecule has 2 aromatic carbocycles. The van der Waals surface area contributed by atoms with Gasteiger partial charge in [-0.25, -0.2) is 5.10 Å². The van der Waals surface area contributed by atoms with Crippen LogP contribution in [0.25, 0.3) is 17.5 Å². The van der Waals surface area contributed by atoms with E-state index in [0.29, 0.717) is 15.6 Å². The summed E-state index contributed by atoms with van der Waals surface area (Å²) >= 11 is 11.5.